The van der Waals surface area contributed by atoms with Crippen LogP contribution in [0.1, 0.15) is 66.0 Å². The van der Waals surface area contributed by atoms with Crippen LogP contribution in [0.4, 0.5) is 0 Å². The molecule has 1 N–H and O–H groups in total. The van der Waals surface area contributed by atoms with Crippen molar-refractivity contribution in [3.63, 3.8) is 0 Å². The second kappa shape index (κ2) is 5.31. The van der Waals surface area contributed by atoms with Crippen LogP contribution in [-0.2, 0) is 13.0 Å². The normalized spacial score (nSPS) is 17.5. The van der Waals surface area contributed by atoms with E-state index >= 15 is 0 Å². The third-order valence-corrected chi connectivity index (χ3v) is 3.87. The van der Waals surface area contributed by atoms with Crippen molar-refractivity contribution < 1.29 is 4.74 Å². The highest BCUT2D eigenvalue weighted by atomic mass is 16.5. The van der Waals surface area contributed by atoms with Gasteiger partial charge in [0, 0.05) is 18.5 Å². The molecule has 0 spiro atoms. The minimum absolute atomic E-state index is 0.0557. The topological polar surface area (TPSA) is 21.3 Å². The van der Waals surface area contributed by atoms with Crippen molar-refractivity contribution in [2.24, 2.45) is 5.41 Å². The van der Waals surface area contributed by atoms with Crippen LogP contribution < -0.4 is 10.1 Å². The van der Waals surface area contributed by atoms with Crippen LogP contribution in [0.3, 0.4) is 0 Å². The summed E-state index contributed by atoms with van der Waals surface area (Å²) in [6.07, 6.45) is 2.16. The van der Waals surface area contributed by atoms with Crippen LogP contribution >= 0.6 is 0 Å². The summed E-state index contributed by atoms with van der Waals surface area (Å²) in [6, 6.07) is 6.60. The van der Waals surface area contributed by atoms with E-state index in [1.54, 1.807) is 0 Å². The van der Waals surface area contributed by atoms with Gasteiger partial charge in [0.1, 0.15) is 11.4 Å². The highest BCUT2D eigenvalue weighted by molar-refractivity contribution is 5.41. The molecule has 0 atom stereocenters. The predicted molar refractivity (Wildman–Crippen MR) is 89.8 cm³/mol. The summed E-state index contributed by atoms with van der Waals surface area (Å²) in [7, 11) is 0. The van der Waals surface area contributed by atoms with Gasteiger partial charge in [0.25, 0.3) is 0 Å². The lowest BCUT2D eigenvalue weighted by Gasteiger charge is -2.33. The molecule has 1 aromatic carbocycles. The third-order valence-electron chi connectivity index (χ3n) is 3.87. The van der Waals surface area contributed by atoms with Crippen molar-refractivity contribution in [2.45, 2.75) is 79.0 Å². The smallest absolute Gasteiger partial charge is 0.123 e. The molecule has 0 bridgehead atoms. The fraction of sp³-hybridized carbons (Fsp3) is 0.684. The SMILES string of the molecule is CC(C)(C)CC(C)(C)NCc1ccc2c(c1)CC(C)(C)O2. The van der Waals surface area contributed by atoms with Crippen molar-refractivity contribution in [1.82, 2.24) is 5.32 Å². The van der Waals surface area contributed by atoms with Crippen LogP contribution in [-0.4, -0.2) is 11.1 Å². The monoisotopic (exact) mass is 289 g/mol. The highest BCUT2D eigenvalue weighted by Crippen LogP contribution is 2.35. The van der Waals surface area contributed by atoms with Crippen molar-refractivity contribution in [3.8, 4) is 5.75 Å². The van der Waals surface area contributed by atoms with Gasteiger partial charge >= 0.3 is 0 Å². The summed E-state index contributed by atoms with van der Waals surface area (Å²) in [5.41, 5.74) is 3.11. The molecule has 0 radical (unpaired) electrons. The zero-order valence-electron chi connectivity index (χ0n) is 14.8. The van der Waals surface area contributed by atoms with Crippen molar-refractivity contribution in [2.75, 3.05) is 0 Å². The molecule has 0 saturated heterocycles. The predicted octanol–water partition coefficient (Wildman–Crippen LogP) is 4.70. The molecule has 0 saturated carbocycles. The van der Waals surface area contributed by atoms with Crippen molar-refractivity contribution >= 4 is 0 Å². The summed E-state index contributed by atoms with van der Waals surface area (Å²) in [4.78, 5) is 0. The Morgan fingerprint density at radius 1 is 1.14 bits per heavy atom. The fourth-order valence-electron chi connectivity index (χ4n) is 3.50. The number of hydrogen-bond donors (Lipinski definition) is 1. The minimum Gasteiger partial charge on any atom is -0.487 e. The minimum atomic E-state index is -0.0557. The van der Waals surface area contributed by atoms with Gasteiger partial charge < -0.3 is 10.1 Å². The Bertz CT molecular complexity index is 509. The van der Waals surface area contributed by atoms with Gasteiger partial charge in [0.2, 0.25) is 0 Å². The molecule has 2 heteroatoms. The second-order valence-electron chi connectivity index (χ2n) is 8.96. The van der Waals surface area contributed by atoms with E-state index in [0.29, 0.717) is 5.41 Å². The van der Waals surface area contributed by atoms with Gasteiger partial charge in [0.15, 0.2) is 0 Å². The van der Waals surface area contributed by atoms with Gasteiger partial charge in [0.05, 0.1) is 0 Å². The van der Waals surface area contributed by atoms with Crippen LogP contribution in [0.15, 0.2) is 18.2 Å². The van der Waals surface area contributed by atoms with Gasteiger partial charge in [-0.15, -0.1) is 0 Å². The van der Waals surface area contributed by atoms with E-state index in [1.165, 1.54) is 11.1 Å². The Kier molecular flexibility index (Phi) is 4.14. The average Bonchev–Trinajstić information content (AvgIpc) is 2.56. The van der Waals surface area contributed by atoms with Crippen LogP contribution in [0.2, 0.25) is 0 Å². The molecular formula is C19H31NO. The molecule has 1 aliphatic heterocycles. The summed E-state index contributed by atoms with van der Waals surface area (Å²) in [6.45, 7) is 16.7. The first-order valence-electron chi connectivity index (χ1n) is 8.02. The first-order chi connectivity index (χ1) is 9.46. The zero-order chi connectivity index (χ0) is 15.9. The highest BCUT2D eigenvalue weighted by Gasteiger charge is 2.30. The molecule has 118 valence electrons. The Labute approximate surface area is 130 Å². The first-order valence-corrected chi connectivity index (χ1v) is 8.02. The molecule has 0 unspecified atom stereocenters. The summed E-state index contributed by atoms with van der Waals surface area (Å²) in [5, 5.41) is 3.70. The van der Waals surface area contributed by atoms with Gasteiger partial charge in [-0.05, 0) is 56.7 Å². The lowest BCUT2D eigenvalue weighted by molar-refractivity contribution is 0.138. The number of ether oxygens (including phenoxy) is 1. The van der Waals surface area contributed by atoms with E-state index in [9.17, 15) is 0 Å². The van der Waals surface area contributed by atoms with E-state index in [1.807, 2.05) is 0 Å². The van der Waals surface area contributed by atoms with E-state index in [2.05, 4.69) is 72.0 Å². The number of rotatable bonds is 4. The van der Waals surface area contributed by atoms with Crippen molar-refractivity contribution in [1.29, 1.82) is 0 Å². The van der Waals surface area contributed by atoms with E-state index < -0.39 is 0 Å². The van der Waals surface area contributed by atoms with Crippen LogP contribution in [0.25, 0.3) is 0 Å². The standard InChI is InChI=1S/C19H31NO/c1-17(2,3)13-18(4,5)20-12-14-8-9-16-15(10-14)11-19(6,7)21-16/h8-10,20H,11-13H2,1-7H3. The molecule has 0 aromatic heterocycles. The van der Waals surface area contributed by atoms with E-state index in [-0.39, 0.29) is 11.1 Å². The lowest BCUT2D eigenvalue weighted by Crippen LogP contribution is -2.41. The number of nitrogens with one attached hydrogen (secondary N) is 1. The van der Waals surface area contributed by atoms with Gasteiger partial charge in [-0.2, -0.15) is 0 Å². The lowest BCUT2D eigenvalue weighted by atomic mass is 9.81. The Balaban J connectivity index is 1.99. The maximum Gasteiger partial charge on any atom is 0.123 e. The maximum absolute atomic E-state index is 5.94. The fourth-order valence-corrected chi connectivity index (χ4v) is 3.50. The quantitative estimate of drug-likeness (QED) is 0.867. The third kappa shape index (κ3) is 4.74. The number of hydrogen-bond acceptors (Lipinski definition) is 2. The van der Waals surface area contributed by atoms with Crippen LogP contribution in [0.5, 0.6) is 5.75 Å². The van der Waals surface area contributed by atoms with Gasteiger partial charge in [-0.1, -0.05) is 32.9 Å². The Hall–Kier alpha value is -1.02. The summed E-state index contributed by atoms with van der Waals surface area (Å²) < 4.78 is 5.94. The average molecular weight is 289 g/mol. The largest absolute Gasteiger partial charge is 0.487 e. The second-order valence-corrected chi connectivity index (χ2v) is 8.96. The Morgan fingerprint density at radius 2 is 1.81 bits per heavy atom. The molecule has 2 rings (SSSR count). The molecule has 21 heavy (non-hydrogen) atoms. The van der Waals surface area contributed by atoms with Crippen molar-refractivity contribution in [3.05, 3.63) is 29.3 Å². The molecule has 0 amide bonds. The summed E-state index contributed by atoms with van der Waals surface area (Å²) in [5.74, 6) is 1.05. The summed E-state index contributed by atoms with van der Waals surface area (Å²) >= 11 is 0. The zero-order valence-corrected chi connectivity index (χ0v) is 14.8. The Morgan fingerprint density at radius 3 is 2.43 bits per heavy atom. The molecule has 1 aromatic rings. The number of benzene rings is 1. The van der Waals surface area contributed by atoms with Crippen LogP contribution in [0, 0.1) is 5.41 Å². The molecule has 0 aliphatic carbocycles. The van der Waals surface area contributed by atoms with E-state index in [0.717, 1.165) is 25.1 Å². The molecular weight excluding hydrogens is 258 g/mol. The van der Waals surface area contributed by atoms with Gasteiger partial charge in [-0.3, -0.25) is 0 Å². The molecule has 2 nitrogen and oxygen atoms in total. The number of fused-ring (bicyclic) bond motifs is 1. The molecule has 0 fully saturated rings. The molecule has 1 aliphatic rings. The van der Waals surface area contributed by atoms with E-state index in [4.69, 9.17) is 4.74 Å². The van der Waals surface area contributed by atoms with Gasteiger partial charge in [-0.25, -0.2) is 0 Å². The first kappa shape index (κ1) is 16.4. The maximum atomic E-state index is 5.94. The molecule has 1 heterocycles.